The van der Waals surface area contributed by atoms with E-state index in [0.717, 1.165) is 57.3 Å². The van der Waals surface area contributed by atoms with E-state index >= 15 is 0 Å². The molecule has 33 heavy (non-hydrogen) atoms. The van der Waals surface area contributed by atoms with Gasteiger partial charge in [0.15, 0.2) is 0 Å². The third-order valence-corrected chi connectivity index (χ3v) is 6.46. The molecule has 0 radical (unpaired) electrons. The first-order chi connectivity index (χ1) is 16.2. The molecule has 0 saturated heterocycles. The molecule has 0 spiro atoms. The predicted molar refractivity (Wildman–Crippen MR) is 127 cm³/mol. The van der Waals surface area contributed by atoms with E-state index in [1.165, 1.54) is 18.2 Å². The maximum atomic E-state index is 13.8. The number of nitrogens with zero attached hydrogens (tertiary/aromatic N) is 1. The molecule has 1 fully saturated rings. The minimum atomic E-state index is -0.349. The Morgan fingerprint density at radius 3 is 2.42 bits per heavy atom. The average molecular weight is 435 g/mol. The van der Waals surface area contributed by atoms with Crippen molar-refractivity contribution in [3.05, 3.63) is 102 Å². The van der Waals surface area contributed by atoms with Crippen LogP contribution < -0.4 is 0 Å². The number of esters is 1. The lowest BCUT2D eigenvalue weighted by Crippen LogP contribution is -2.14. The predicted octanol–water partition coefficient (Wildman–Crippen LogP) is 7.13. The van der Waals surface area contributed by atoms with Crippen LogP contribution in [0, 0.1) is 5.82 Å². The molecule has 0 unspecified atom stereocenters. The standard InChI is InChI=1S/C29H22FNO2/c30-20-16-14-18(15-17-20)27-23-8-3-4-9-24(23)31-29(19-12-13-19)28(27)22-7-2-1-6-21(22)25-10-5-11-26(32)33-25/h1-9,11,14-17,19,25H,10,12-13H2/t25-/m0/s1. The topological polar surface area (TPSA) is 39.2 Å². The zero-order chi connectivity index (χ0) is 22.4. The fourth-order valence-electron chi connectivity index (χ4n) is 4.78. The minimum absolute atomic E-state index is 0.262. The first kappa shape index (κ1) is 19.9. The number of hydrogen-bond donors (Lipinski definition) is 0. The molecule has 1 saturated carbocycles. The Morgan fingerprint density at radius 2 is 1.64 bits per heavy atom. The summed E-state index contributed by atoms with van der Waals surface area (Å²) in [6.07, 6.45) is 5.84. The number of pyridine rings is 1. The number of para-hydroxylation sites is 1. The zero-order valence-electron chi connectivity index (χ0n) is 18.0. The summed E-state index contributed by atoms with van der Waals surface area (Å²) in [7, 11) is 0. The molecular weight excluding hydrogens is 413 g/mol. The van der Waals surface area contributed by atoms with Gasteiger partial charge in [0.2, 0.25) is 0 Å². The second-order valence-corrected chi connectivity index (χ2v) is 8.70. The van der Waals surface area contributed by atoms with E-state index in [0.29, 0.717) is 12.3 Å². The highest BCUT2D eigenvalue weighted by atomic mass is 19.1. The lowest BCUT2D eigenvalue weighted by Gasteiger charge is -2.25. The molecule has 4 aromatic rings. The van der Waals surface area contributed by atoms with Gasteiger partial charge in [-0.3, -0.25) is 4.98 Å². The SMILES string of the molecule is O=C1C=CC[C@@H](c2ccccc2-c2c(C3CC3)nc3ccccc3c2-c2ccc(F)cc2)O1. The number of benzene rings is 3. The van der Waals surface area contributed by atoms with Crippen molar-refractivity contribution >= 4 is 16.9 Å². The lowest BCUT2D eigenvalue weighted by molar-refractivity contribution is -0.144. The number of cyclic esters (lactones) is 1. The molecule has 4 heteroatoms. The van der Waals surface area contributed by atoms with Gasteiger partial charge >= 0.3 is 5.97 Å². The van der Waals surface area contributed by atoms with Crippen molar-refractivity contribution in [2.75, 3.05) is 0 Å². The van der Waals surface area contributed by atoms with Crippen LogP contribution in [-0.4, -0.2) is 11.0 Å². The van der Waals surface area contributed by atoms with Gasteiger partial charge in [0.05, 0.1) is 11.2 Å². The fourth-order valence-corrected chi connectivity index (χ4v) is 4.78. The Kier molecular flexibility index (Phi) is 4.79. The Balaban J connectivity index is 1.68. The van der Waals surface area contributed by atoms with Crippen molar-refractivity contribution in [1.82, 2.24) is 4.98 Å². The molecule has 2 heterocycles. The van der Waals surface area contributed by atoms with E-state index in [1.807, 2.05) is 54.6 Å². The van der Waals surface area contributed by atoms with Crippen molar-refractivity contribution in [3.63, 3.8) is 0 Å². The lowest BCUT2D eigenvalue weighted by atomic mass is 9.85. The molecule has 0 N–H and O–H groups in total. The van der Waals surface area contributed by atoms with Crippen LogP contribution in [0.2, 0.25) is 0 Å². The summed E-state index contributed by atoms with van der Waals surface area (Å²) in [6.45, 7) is 0. The van der Waals surface area contributed by atoms with E-state index in [9.17, 15) is 9.18 Å². The highest BCUT2D eigenvalue weighted by Gasteiger charge is 2.32. The van der Waals surface area contributed by atoms with Crippen LogP contribution in [0.3, 0.4) is 0 Å². The van der Waals surface area contributed by atoms with Gasteiger partial charge in [0.1, 0.15) is 11.9 Å². The number of halogens is 1. The van der Waals surface area contributed by atoms with Crippen molar-refractivity contribution < 1.29 is 13.9 Å². The zero-order valence-corrected chi connectivity index (χ0v) is 18.0. The molecule has 2 aliphatic rings. The molecule has 0 bridgehead atoms. The normalized spacial score (nSPS) is 17.8. The number of rotatable bonds is 4. The third kappa shape index (κ3) is 3.62. The molecule has 3 aromatic carbocycles. The van der Waals surface area contributed by atoms with Gasteiger partial charge in [-0.25, -0.2) is 9.18 Å². The van der Waals surface area contributed by atoms with Crippen molar-refractivity contribution in [2.24, 2.45) is 0 Å². The molecular formula is C29H22FNO2. The Bertz CT molecular complexity index is 1400. The van der Waals surface area contributed by atoms with Crippen molar-refractivity contribution in [2.45, 2.75) is 31.3 Å². The van der Waals surface area contributed by atoms with Crippen LogP contribution in [0.4, 0.5) is 4.39 Å². The number of carbonyl (C=O) groups excluding carboxylic acids is 1. The Morgan fingerprint density at radius 1 is 0.879 bits per heavy atom. The molecule has 6 rings (SSSR count). The van der Waals surface area contributed by atoms with Crippen LogP contribution in [0.15, 0.2) is 84.9 Å². The molecule has 3 nitrogen and oxygen atoms in total. The third-order valence-electron chi connectivity index (χ3n) is 6.46. The average Bonchev–Trinajstić information content (AvgIpc) is 3.69. The number of carbonyl (C=O) groups is 1. The fraction of sp³-hybridized carbons (Fsp3) is 0.172. The highest BCUT2D eigenvalue weighted by Crippen LogP contribution is 2.50. The monoisotopic (exact) mass is 435 g/mol. The van der Waals surface area contributed by atoms with E-state index in [1.54, 1.807) is 0 Å². The number of aromatic nitrogens is 1. The van der Waals surface area contributed by atoms with Crippen LogP contribution in [0.5, 0.6) is 0 Å². The second-order valence-electron chi connectivity index (χ2n) is 8.70. The maximum absolute atomic E-state index is 13.8. The summed E-state index contributed by atoms with van der Waals surface area (Å²) in [4.78, 5) is 17.1. The van der Waals surface area contributed by atoms with Gasteiger partial charge in [0, 0.05) is 40.5 Å². The summed E-state index contributed by atoms with van der Waals surface area (Å²) >= 11 is 0. The maximum Gasteiger partial charge on any atom is 0.331 e. The molecule has 1 aromatic heterocycles. The van der Waals surface area contributed by atoms with E-state index in [2.05, 4.69) is 12.1 Å². The van der Waals surface area contributed by atoms with Gasteiger partial charge in [-0.05, 0) is 42.2 Å². The first-order valence-electron chi connectivity index (χ1n) is 11.3. The van der Waals surface area contributed by atoms with Crippen LogP contribution in [0.1, 0.15) is 42.5 Å². The second kappa shape index (κ2) is 7.96. The largest absolute Gasteiger partial charge is 0.454 e. The first-order valence-corrected chi connectivity index (χ1v) is 11.3. The van der Waals surface area contributed by atoms with Crippen molar-refractivity contribution in [1.29, 1.82) is 0 Å². The van der Waals surface area contributed by atoms with E-state index in [-0.39, 0.29) is 17.9 Å². The van der Waals surface area contributed by atoms with Gasteiger partial charge in [-0.1, -0.05) is 60.7 Å². The van der Waals surface area contributed by atoms with Gasteiger partial charge in [0.25, 0.3) is 0 Å². The number of fused-ring (bicyclic) bond motifs is 1. The molecule has 0 amide bonds. The van der Waals surface area contributed by atoms with E-state index < -0.39 is 0 Å². The van der Waals surface area contributed by atoms with Gasteiger partial charge < -0.3 is 4.74 Å². The summed E-state index contributed by atoms with van der Waals surface area (Å²) in [6, 6.07) is 22.9. The van der Waals surface area contributed by atoms with Gasteiger partial charge in [-0.2, -0.15) is 0 Å². The highest BCUT2D eigenvalue weighted by molar-refractivity contribution is 6.04. The Hall–Kier alpha value is -3.79. The molecule has 1 aliphatic heterocycles. The quantitative estimate of drug-likeness (QED) is 0.320. The van der Waals surface area contributed by atoms with Crippen LogP contribution in [-0.2, 0) is 9.53 Å². The van der Waals surface area contributed by atoms with Crippen LogP contribution in [0.25, 0.3) is 33.2 Å². The van der Waals surface area contributed by atoms with Crippen molar-refractivity contribution in [3.8, 4) is 22.3 Å². The summed E-state index contributed by atoms with van der Waals surface area (Å²) in [5.41, 5.74) is 7.05. The number of ether oxygens (including phenoxy) is 1. The smallest absolute Gasteiger partial charge is 0.331 e. The van der Waals surface area contributed by atoms with Crippen LogP contribution >= 0.6 is 0 Å². The molecule has 1 atom stereocenters. The van der Waals surface area contributed by atoms with E-state index in [4.69, 9.17) is 9.72 Å². The Labute approximate surface area is 191 Å². The minimum Gasteiger partial charge on any atom is -0.454 e. The summed E-state index contributed by atoms with van der Waals surface area (Å²) in [5.74, 6) is -0.188. The molecule has 162 valence electrons. The summed E-state index contributed by atoms with van der Waals surface area (Å²) in [5, 5.41) is 1.03. The number of hydrogen-bond acceptors (Lipinski definition) is 3. The van der Waals surface area contributed by atoms with Gasteiger partial charge in [-0.15, -0.1) is 0 Å². The summed E-state index contributed by atoms with van der Waals surface area (Å²) < 4.78 is 19.5. The molecule has 1 aliphatic carbocycles.